The quantitative estimate of drug-likeness (QED) is 0.906. The summed E-state index contributed by atoms with van der Waals surface area (Å²) in [6.45, 7) is 3.52. The fourth-order valence-electron chi connectivity index (χ4n) is 2.53. The van der Waals surface area contributed by atoms with Gasteiger partial charge in [0.15, 0.2) is 0 Å². The zero-order chi connectivity index (χ0) is 17.9. The third-order valence-corrected chi connectivity index (χ3v) is 4.11. The molecule has 0 aliphatic carbocycles. The number of hydrogen-bond acceptors (Lipinski definition) is 3. The number of piperazine rings is 1. The first-order chi connectivity index (χ1) is 11.2. The monoisotopic (exact) mass is 343 g/mol. The topological polar surface area (TPSA) is 66.6 Å². The summed E-state index contributed by atoms with van der Waals surface area (Å²) in [5.41, 5.74) is 4.90. The Kier molecular flexibility index (Phi) is 5.48. The van der Waals surface area contributed by atoms with Gasteiger partial charge >= 0.3 is 6.18 Å². The lowest BCUT2D eigenvalue weighted by Crippen LogP contribution is -2.52. The summed E-state index contributed by atoms with van der Waals surface area (Å²) in [4.78, 5) is 27.6. The molecular formula is C16H20F3N3O2. The molecule has 0 spiro atoms. The maximum Gasteiger partial charge on any atom is 0.416 e. The summed E-state index contributed by atoms with van der Waals surface area (Å²) >= 11 is 0. The molecule has 1 aromatic rings. The van der Waals surface area contributed by atoms with E-state index in [1.807, 2.05) is 0 Å². The van der Waals surface area contributed by atoms with E-state index in [4.69, 9.17) is 5.73 Å². The first-order valence-electron chi connectivity index (χ1n) is 7.69. The van der Waals surface area contributed by atoms with Crippen molar-refractivity contribution in [2.45, 2.75) is 13.1 Å². The van der Waals surface area contributed by atoms with E-state index in [2.05, 4.69) is 0 Å². The molecule has 1 heterocycles. The van der Waals surface area contributed by atoms with Gasteiger partial charge in [0.2, 0.25) is 5.91 Å². The van der Waals surface area contributed by atoms with Crippen molar-refractivity contribution in [2.24, 2.45) is 11.7 Å². The van der Waals surface area contributed by atoms with Crippen LogP contribution in [0.4, 0.5) is 13.2 Å². The minimum absolute atomic E-state index is 0.0425. The van der Waals surface area contributed by atoms with Crippen LogP contribution in [0.15, 0.2) is 24.3 Å². The highest BCUT2D eigenvalue weighted by Crippen LogP contribution is 2.29. The van der Waals surface area contributed by atoms with E-state index in [1.165, 1.54) is 12.1 Å². The van der Waals surface area contributed by atoms with E-state index in [1.54, 1.807) is 16.7 Å². The largest absolute Gasteiger partial charge is 0.416 e. The van der Waals surface area contributed by atoms with Crippen LogP contribution in [0.3, 0.4) is 0 Å². The molecule has 2 N–H and O–H groups in total. The third-order valence-electron chi connectivity index (χ3n) is 4.11. The van der Waals surface area contributed by atoms with E-state index in [9.17, 15) is 22.8 Å². The molecule has 0 saturated carbocycles. The maximum absolute atomic E-state index is 12.5. The van der Waals surface area contributed by atoms with Crippen molar-refractivity contribution in [1.29, 1.82) is 0 Å². The van der Waals surface area contributed by atoms with Crippen LogP contribution in [0.2, 0.25) is 0 Å². The van der Waals surface area contributed by atoms with Gasteiger partial charge in [0.25, 0.3) is 5.91 Å². The number of carbonyl (C=O) groups excluding carboxylic acids is 2. The molecule has 2 rings (SSSR count). The predicted molar refractivity (Wildman–Crippen MR) is 82.1 cm³/mol. The highest BCUT2D eigenvalue weighted by Gasteiger charge is 2.31. The van der Waals surface area contributed by atoms with Gasteiger partial charge in [0, 0.05) is 44.2 Å². The first-order valence-corrected chi connectivity index (χ1v) is 7.69. The Labute approximate surface area is 138 Å². The van der Waals surface area contributed by atoms with Crippen molar-refractivity contribution in [3.05, 3.63) is 35.4 Å². The first kappa shape index (κ1) is 18.3. The molecule has 24 heavy (non-hydrogen) atoms. The number of nitrogens with two attached hydrogens (primary N) is 1. The average molecular weight is 343 g/mol. The number of benzene rings is 1. The van der Waals surface area contributed by atoms with Crippen LogP contribution in [-0.4, -0.2) is 54.3 Å². The van der Waals surface area contributed by atoms with Gasteiger partial charge in [-0.05, 0) is 24.3 Å². The summed E-state index contributed by atoms with van der Waals surface area (Å²) in [7, 11) is 0. The van der Waals surface area contributed by atoms with Gasteiger partial charge in [-0.2, -0.15) is 13.2 Å². The second-order valence-electron chi connectivity index (χ2n) is 5.83. The highest BCUT2D eigenvalue weighted by atomic mass is 19.4. The Balaban J connectivity index is 1.97. The molecule has 1 fully saturated rings. The number of halogens is 3. The lowest BCUT2D eigenvalue weighted by molar-refractivity contribution is -0.137. The van der Waals surface area contributed by atoms with Crippen molar-refractivity contribution < 1.29 is 22.8 Å². The van der Waals surface area contributed by atoms with E-state index in [0.717, 1.165) is 12.1 Å². The summed E-state index contributed by atoms with van der Waals surface area (Å²) in [6.07, 6.45) is -4.42. The molecule has 0 bridgehead atoms. The van der Waals surface area contributed by atoms with Crippen molar-refractivity contribution in [3.63, 3.8) is 0 Å². The fourth-order valence-corrected chi connectivity index (χ4v) is 2.53. The lowest BCUT2D eigenvalue weighted by Gasteiger charge is -2.36. The van der Waals surface area contributed by atoms with Crippen molar-refractivity contribution >= 4 is 11.8 Å². The van der Waals surface area contributed by atoms with Gasteiger partial charge < -0.3 is 15.5 Å². The lowest BCUT2D eigenvalue weighted by atomic mass is 10.1. The van der Waals surface area contributed by atoms with Gasteiger partial charge in [-0.3, -0.25) is 9.59 Å². The molecule has 2 amide bonds. The summed E-state index contributed by atoms with van der Waals surface area (Å²) in [5.74, 6) is -0.635. The van der Waals surface area contributed by atoms with E-state index in [0.29, 0.717) is 26.2 Å². The minimum Gasteiger partial charge on any atom is -0.339 e. The Bertz CT molecular complexity index is 594. The SMILES string of the molecule is CC(CN)C(=O)N1CCN(C(=O)c2ccc(C(F)(F)F)cc2)CC1. The molecule has 5 nitrogen and oxygen atoms in total. The second-order valence-corrected chi connectivity index (χ2v) is 5.83. The minimum atomic E-state index is -4.42. The summed E-state index contributed by atoms with van der Waals surface area (Å²) < 4.78 is 37.6. The number of hydrogen-bond donors (Lipinski definition) is 1. The zero-order valence-corrected chi connectivity index (χ0v) is 13.3. The Morgan fingerprint density at radius 3 is 2.04 bits per heavy atom. The smallest absolute Gasteiger partial charge is 0.339 e. The molecule has 132 valence electrons. The van der Waals surface area contributed by atoms with Crippen LogP contribution >= 0.6 is 0 Å². The fraction of sp³-hybridized carbons (Fsp3) is 0.500. The van der Waals surface area contributed by atoms with Crippen LogP contribution in [-0.2, 0) is 11.0 Å². The van der Waals surface area contributed by atoms with Gasteiger partial charge in [0.05, 0.1) is 5.56 Å². The Hall–Kier alpha value is -2.09. The van der Waals surface area contributed by atoms with Gasteiger partial charge in [-0.15, -0.1) is 0 Å². The predicted octanol–water partition coefficient (Wildman–Crippen LogP) is 1.58. The zero-order valence-electron chi connectivity index (χ0n) is 13.3. The molecule has 1 aliphatic heterocycles. The van der Waals surface area contributed by atoms with Crippen molar-refractivity contribution in [3.8, 4) is 0 Å². The third kappa shape index (κ3) is 4.05. The molecule has 1 saturated heterocycles. The highest BCUT2D eigenvalue weighted by molar-refractivity contribution is 5.94. The van der Waals surface area contributed by atoms with Crippen LogP contribution in [0.1, 0.15) is 22.8 Å². The van der Waals surface area contributed by atoms with E-state index in [-0.39, 0.29) is 29.8 Å². The van der Waals surface area contributed by atoms with Crippen LogP contribution < -0.4 is 5.73 Å². The molecule has 8 heteroatoms. The standard InChI is InChI=1S/C16H20F3N3O2/c1-11(10-20)14(23)21-6-8-22(9-7-21)15(24)12-2-4-13(5-3-12)16(17,18)19/h2-5,11H,6-10,20H2,1H3. The van der Waals surface area contributed by atoms with Gasteiger partial charge in [-0.25, -0.2) is 0 Å². The van der Waals surface area contributed by atoms with Crippen molar-refractivity contribution in [2.75, 3.05) is 32.7 Å². The number of rotatable bonds is 3. The molecule has 1 aromatic carbocycles. The molecule has 1 unspecified atom stereocenters. The van der Waals surface area contributed by atoms with Crippen molar-refractivity contribution in [1.82, 2.24) is 9.80 Å². The Morgan fingerprint density at radius 2 is 1.58 bits per heavy atom. The van der Waals surface area contributed by atoms with Gasteiger partial charge in [-0.1, -0.05) is 6.92 Å². The summed E-state index contributed by atoms with van der Waals surface area (Å²) in [5, 5.41) is 0. The van der Waals surface area contributed by atoms with Gasteiger partial charge in [0.1, 0.15) is 0 Å². The average Bonchev–Trinajstić information content (AvgIpc) is 2.59. The molecule has 1 aliphatic rings. The Morgan fingerprint density at radius 1 is 1.08 bits per heavy atom. The van der Waals surface area contributed by atoms with Crippen LogP contribution in [0.25, 0.3) is 0 Å². The number of carbonyl (C=O) groups is 2. The molecule has 1 atom stereocenters. The molecular weight excluding hydrogens is 323 g/mol. The number of nitrogens with zero attached hydrogens (tertiary/aromatic N) is 2. The second kappa shape index (κ2) is 7.21. The summed E-state index contributed by atoms with van der Waals surface area (Å²) in [6, 6.07) is 4.16. The maximum atomic E-state index is 12.5. The number of amides is 2. The normalized spacial score (nSPS) is 16.9. The van der Waals surface area contributed by atoms with Crippen LogP contribution in [0.5, 0.6) is 0 Å². The van der Waals surface area contributed by atoms with E-state index < -0.39 is 11.7 Å². The molecule has 0 aromatic heterocycles. The molecule has 0 radical (unpaired) electrons. The van der Waals surface area contributed by atoms with Crippen LogP contribution in [0, 0.1) is 5.92 Å². The van der Waals surface area contributed by atoms with E-state index >= 15 is 0 Å². The number of alkyl halides is 3.